The van der Waals surface area contributed by atoms with E-state index >= 15 is 0 Å². The van der Waals surface area contributed by atoms with E-state index in [4.69, 9.17) is 4.74 Å². The van der Waals surface area contributed by atoms with E-state index in [9.17, 15) is 14.4 Å². The Labute approximate surface area is 191 Å². The van der Waals surface area contributed by atoms with Gasteiger partial charge in [0.25, 0.3) is 5.56 Å². The van der Waals surface area contributed by atoms with Gasteiger partial charge in [0.05, 0.1) is 5.75 Å². The molecule has 2 heterocycles. The van der Waals surface area contributed by atoms with Crippen molar-refractivity contribution in [2.45, 2.75) is 65.5 Å². The lowest BCUT2D eigenvalue weighted by Gasteiger charge is -2.08. The van der Waals surface area contributed by atoms with Crippen molar-refractivity contribution in [3.63, 3.8) is 0 Å². The van der Waals surface area contributed by atoms with E-state index in [-0.39, 0.29) is 18.3 Å². The quantitative estimate of drug-likeness (QED) is 0.442. The molecule has 0 aliphatic carbocycles. The van der Waals surface area contributed by atoms with Crippen molar-refractivity contribution in [2.24, 2.45) is 0 Å². The molecule has 172 valence electrons. The second-order valence-electron chi connectivity index (χ2n) is 7.76. The van der Waals surface area contributed by atoms with Crippen LogP contribution in [-0.4, -0.2) is 30.8 Å². The summed E-state index contributed by atoms with van der Waals surface area (Å²) in [6.45, 7) is 7.04. The zero-order chi connectivity index (χ0) is 23.1. The first-order valence-electron chi connectivity index (χ1n) is 11.0. The number of fused-ring (bicyclic) bond motifs is 1. The van der Waals surface area contributed by atoms with Gasteiger partial charge in [-0.15, -0.1) is 11.8 Å². The summed E-state index contributed by atoms with van der Waals surface area (Å²) < 4.78 is 8.70. The van der Waals surface area contributed by atoms with Gasteiger partial charge in [0.1, 0.15) is 12.4 Å². The van der Waals surface area contributed by atoms with Crippen LogP contribution in [0.5, 0.6) is 0 Å². The SMILES string of the molecule is CCCCn1c(=O)[nH]c(=O)c2c1nc(COC(=O)CSCc1ccc(C)cc1)n2CCC. The highest BCUT2D eigenvalue weighted by Crippen LogP contribution is 2.16. The zero-order valence-electron chi connectivity index (χ0n) is 18.8. The number of aryl methyl sites for hydroxylation is 3. The lowest BCUT2D eigenvalue weighted by Crippen LogP contribution is -2.31. The van der Waals surface area contributed by atoms with E-state index < -0.39 is 11.2 Å². The Balaban J connectivity index is 1.72. The molecule has 3 rings (SSSR count). The average molecular weight is 459 g/mol. The maximum Gasteiger partial charge on any atom is 0.330 e. The third-order valence-corrected chi connectivity index (χ3v) is 6.10. The third kappa shape index (κ3) is 5.70. The van der Waals surface area contributed by atoms with Crippen LogP contribution in [0.2, 0.25) is 0 Å². The molecule has 1 aromatic carbocycles. The van der Waals surface area contributed by atoms with Crippen molar-refractivity contribution >= 4 is 28.9 Å². The highest BCUT2D eigenvalue weighted by Gasteiger charge is 2.19. The first-order chi connectivity index (χ1) is 15.4. The number of imidazole rings is 1. The Kier molecular flexibility index (Phi) is 8.33. The standard InChI is InChI=1S/C23H30N4O4S/c1-4-6-12-27-21-20(22(29)25-23(27)30)26(11-5-2)18(24-21)13-31-19(28)15-32-14-17-9-7-16(3)8-10-17/h7-10H,4-6,11-15H2,1-3H3,(H,25,29,30). The van der Waals surface area contributed by atoms with Crippen molar-refractivity contribution in [2.75, 3.05) is 5.75 Å². The number of ether oxygens (including phenoxy) is 1. The number of benzene rings is 1. The first kappa shape index (κ1) is 23.8. The first-order valence-corrected chi connectivity index (χ1v) is 12.1. The number of aromatic nitrogens is 4. The third-order valence-electron chi connectivity index (χ3n) is 5.12. The van der Waals surface area contributed by atoms with E-state index in [0.717, 1.165) is 30.6 Å². The van der Waals surface area contributed by atoms with Gasteiger partial charge in [-0.05, 0) is 25.3 Å². The number of carbonyl (C=O) groups excluding carboxylic acids is 1. The number of carbonyl (C=O) groups is 1. The lowest BCUT2D eigenvalue weighted by atomic mass is 10.2. The zero-order valence-corrected chi connectivity index (χ0v) is 19.7. The van der Waals surface area contributed by atoms with E-state index in [1.54, 1.807) is 4.57 Å². The highest BCUT2D eigenvalue weighted by molar-refractivity contribution is 7.99. The van der Waals surface area contributed by atoms with Gasteiger partial charge in [0, 0.05) is 18.8 Å². The van der Waals surface area contributed by atoms with Crippen LogP contribution in [0, 0.1) is 6.92 Å². The molecule has 9 heteroatoms. The highest BCUT2D eigenvalue weighted by atomic mass is 32.2. The average Bonchev–Trinajstić information content (AvgIpc) is 3.12. The number of nitrogens with zero attached hydrogens (tertiary/aromatic N) is 3. The Morgan fingerprint density at radius 3 is 2.53 bits per heavy atom. The van der Waals surface area contributed by atoms with Crippen LogP contribution >= 0.6 is 11.8 Å². The summed E-state index contributed by atoms with van der Waals surface area (Å²) in [7, 11) is 0. The normalized spacial score (nSPS) is 11.2. The monoisotopic (exact) mass is 458 g/mol. The summed E-state index contributed by atoms with van der Waals surface area (Å²) in [5.41, 5.74) is 2.12. The molecular formula is C23H30N4O4S. The molecule has 0 spiro atoms. The molecule has 2 aromatic heterocycles. The fraction of sp³-hybridized carbons (Fsp3) is 0.478. The molecule has 0 radical (unpaired) electrons. The minimum Gasteiger partial charge on any atom is -0.457 e. The van der Waals surface area contributed by atoms with Gasteiger partial charge < -0.3 is 9.30 Å². The number of thioether (sulfide) groups is 1. The second-order valence-corrected chi connectivity index (χ2v) is 8.74. The molecule has 3 aromatic rings. The van der Waals surface area contributed by atoms with Crippen LogP contribution < -0.4 is 11.2 Å². The van der Waals surface area contributed by atoms with Gasteiger partial charge in [-0.25, -0.2) is 9.78 Å². The number of esters is 1. The van der Waals surface area contributed by atoms with Gasteiger partial charge in [0.15, 0.2) is 11.2 Å². The minimum atomic E-state index is -0.468. The fourth-order valence-corrected chi connectivity index (χ4v) is 4.22. The van der Waals surface area contributed by atoms with E-state index in [2.05, 4.69) is 22.1 Å². The molecule has 8 nitrogen and oxygen atoms in total. The molecule has 0 atom stereocenters. The summed E-state index contributed by atoms with van der Waals surface area (Å²) in [4.78, 5) is 44.1. The molecule has 0 bridgehead atoms. The number of nitrogens with one attached hydrogen (secondary N) is 1. The Morgan fingerprint density at radius 1 is 1.09 bits per heavy atom. The summed E-state index contributed by atoms with van der Waals surface area (Å²) >= 11 is 1.49. The van der Waals surface area contributed by atoms with Crippen LogP contribution in [0.15, 0.2) is 33.9 Å². The number of rotatable bonds is 11. The fourth-order valence-electron chi connectivity index (χ4n) is 3.44. The second kappa shape index (κ2) is 11.2. The Hall–Kier alpha value is -2.81. The number of unbranched alkanes of at least 4 members (excludes halogenated alkanes) is 1. The van der Waals surface area contributed by atoms with Crippen molar-refractivity contribution in [1.29, 1.82) is 0 Å². The Morgan fingerprint density at radius 2 is 1.84 bits per heavy atom. The summed E-state index contributed by atoms with van der Waals surface area (Å²) in [5, 5.41) is 0. The summed E-state index contributed by atoms with van der Waals surface area (Å²) in [6.07, 6.45) is 2.48. The molecule has 0 amide bonds. The van der Waals surface area contributed by atoms with Gasteiger partial charge in [-0.2, -0.15) is 0 Å². The van der Waals surface area contributed by atoms with Crippen molar-refractivity contribution in [3.05, 3.63) is 62.1 Å². The van der Waals surface area contributed by atoms with Crippen LogP contribution in [0.1, 0.15) is 50.1 Å². The van der Waals surface area contributed by atoms with Crippen molar-refractivity contribution in [3.8, 4) is 0 Å². The molecule has 0 fully saturated rings. The summed E-state index contributed by atoms with van der Waals surface area (Å²) in [5.74, 6) is 1.08. The topological polar surface area (TPSA) is 99.0 Å². The van der Waals surface area contributed by atoms with Crippen LogP contribution in [0.25, 0.3) is 11.2 Å². The predicted molar refractivity (Wildman–Crippen MR) is 127 cm³/mol. The van der Waals surface area contributed by atoms with Gasteiger partial charge >= 0.3 is 11.7 Å². The van der Waals surface area contributed by atoms with Crippen molar-refractivity contribution in [1.82, 2.24) is 19.1 Å². The molecule has 1 N–H and O–H groups in total. The molecule has 0 aliphatic rings. The minimum absolute atomic E-state index is 0.0417. The van der Waals surface area contributed by atoms with Crippen LogP contribution in [0.4, 0.5) is 0 Å². The number of hydrogen-bond acceptors (Lipinski definition) is 6. The molecule has 0 saturated heterocycles. The lowest BCUT2D eigenvalue weighted by molar-refractivity contribution is -0.142. The van der Waals surface area contributed by atoms with E-state index in [0.29, 0.717) is 30.1 Å². The number of H-pyrrole nitrogens is 1. The van der Waals surface area contributed by atoms with E-state index in [1.807, 2.05) is 32.9 Å². The predicted octanol–water partition coefficient (Wildman–Crippen LogP) is 3.38. The van der Waals surface area contributed by atoms with Gasteiger partial charge in [-0.1, -0.05) is 50.1 Å². The largest absolute Gasteiger partial charge is 0.457 e. The molecule has 32 heavy (non-hydrogen) atoms. The number of aromatic amines is 1. The maximum atomic E-state index is 12.5. The van der Waals surface area contributed by atoms with Crippen molar-refractivity contribution < 1.29 is 9.53 Å². The van der Waals surface area contributed by atoms with Crippen LogP contribution in [-0.2, 0) is 35.0 Å². The number of hydrogen-bond donors (Lipinski definition) is 1. The molecular weight excluding hydrogens is 428 g/mol. The molecule has 0 unspecified atom stereocenters. The maximum absolute atomic E-state index is 12.5. The molecule has 0 aliphatic heterocycles. The van der Waals surface area contributed by atoms with E-state index in [1.165, 1.54) is 21.9 Å². The smallest absolute Gasteiger partial charge is 0.330 e. The van der Waals surface area contributed by atoms with Crippen LogP contribution in [0.3, 0.4) is 0 Å². The van der Waals surface area contributed by atoms with Gasteiger partial charge in [-0.3, -0.25) is 19.1 Å². The Bertz CT molecular complexity index is 1180. The van der Waals surface area contributed by atoms with Gasteiger partial charge in [0.2, 0.25) is 0 Å². The summed E-state index contributed by atoms with van der Waals surface area (Å²) in [6, 6.07) is 8.20. The molecule has 0 saturated carbocycles.